The van der Waals surface area contributed by atoms with E-state index in [-0.39, 0.29) is 11.3 Å². The Balaban J connectivity index is 1.43. The largest absolute Gasteiger partial charge is 0.548 e. The van der Waals surface area contributed by atoms with Crippen LogP contribution in [0, 0.1) is 0 Å². The molecule has 2 fully saturated rings. The fraction of sp³-hybridized carbons (Fsp3) is 0.350. The van der Waals surface area contributed by atoms with Crippen molar-refractivity contribution in [3.8, 4) is 0 Å². The molecule has 0 radical (unpaired) electrons. The van der Waals surface area contributed by atoms with Crippen LogP contribution in [0.4, 0.5) is 5.69 Å². The summed E-state index contributed by atoms with van der Waals surface area (Å²) in [4.78, 5) is 25.4. The number of β-lactam (4-membered cyclic amide) rings is 1. The third-order valence-corrected chi connectivity index (χ3v) is 6.66. The molecule has 2 unspecified atom stereocenters. The Hall–Kier alpha value is -2.54. The third-order valence-electron chi connectivity index (χ3n) is 5.09. The number of anilines is 1. The molecule has 140 valence electrons. The first kappa shape index (κ1) is 17.9. The lowest BCUT2D eigenvalue weighted by atomic mass is 9.96. The van der Waals surface area contributed by atoms with Gasteiger partial charge in [-0.1, -0.05) is 30.3 Å². The van der Waals surface area contributed by atoms with Crippen molar-refractivity contribution in [1.82, 2.24) is 4.90 Å². The number of hydrogen-bond donors (Lipinski definition) is 1. The van der Waals surface area contributed by atoms with Gasteiger partial charge in [-0.2, -0.15) is 0 Å². The Morgan fingerprint density at radius 1 is 1.22 bits per heavy atom. The highest BCUT2D eigenvalue weighted by Gasteiger charge is 2.61. The highest BCUT2D eigenvalue weighted by atomic mass is 32.2. The molecule has 1 N–H and O–H groups in total. The lowest BCUT2D eigenvalue weighted by Crippen LogP contribution is -2.69. The summed E-state index contributed by atoms with van der Waals surface area (Å²) in [6.45, 7) is 4.46. The van der Waals surface area contributed by atoms with Gasteiger partial charge in [-0.3, -0.25) is 4.79 Å². The predicted molar refractivity (Wildman–Crippen MR) is 101 cm³/mol. The Morgan fingerprint density at radius 3 is 2.52 bits per heavy atom. The first-order valence-electron chi connectivity index (χ1n) is 8.87. The summed E-state index contributed by atoms with van der Waals surface area (Å²) in [5, 5.41) is 14.5. The standard InChI is InChI=1S/C20H21N3O3S/c1-20(2)16(19(25)26)23-17(24)15(18(23)27-20)21-14-8-10-22(11-9-14)12-13-6-4-3-5-7-13/h3-11,15-16,18H,12H2,1-2H3,(H,25,26)/t15?,16-,18?/m0/s1. The van der Waals surface area contributed by atoms with Gasteiger partial charge < -0.3 is 20.1 Å². The molecule has 0 saturated carbocycles. The number of rotatable bonds is 5. The Kier molecular flexibility index (Phi) is 4.34. The minimum absolute atomic E-state index is 0.187. The van der Waals surface area contributed by atoms with Crippen molar-refractivity contribution in [1.29, 1.82) is 0 Å². The van der Waals surface area contributed by atoms with Crippen molar-refractivity contribution in [3.63, 3.8) is 0 Å². The van der Waals surface area contributed by atoms with E-state index in [0.717, 1.165) is 12.2 Å². The smallest absolute Gasteiger partial charge is 0.249 e. The number of amides is 1. The Labute approximate surface area is 162 Å². The summed E-state index contributed by atoms with van der Waals surface area (Å²) in [5.41, 5.74) is 2.05. The molecule has 0 spiro atoms. The van der Waals surface area contributed by atoms with Crippen molar-refractivity contribution >= 4 is 29.3 Å². The number of carboxylic acids is 1. The first-order chi connectivity index (χ1) is 12.9. The topological polar surface area (TPSA) is 76.4 Å². The maximum atomic E-state index is 12.5. The second kappa shape index (κ2) is 6.56. The number of thioether (sulfide) groups is 1. The Bertz CT molecular complexity index is 870. The molecule has 0 aliphatic carbocycles. The van der Waals surface area contributed by atoms with Gasteiger partial charge in [0.15, 0.2) is 18.9 Å². The van der Waals surface area contributed by atoms with E-state index >= 15 is 0 Å². The first-order valence-corrected chi connectivity index (χ1v) is 9.75. The van der Waals surface area contributed by atoms with E-state index in [0.29, 0.717) is 0 Å². The maximum absolute atomic E-state index is 12.5. The van der Waals surface area contributed by atoms with Crippen molar-refractivity contribution < 1.29 is 19.3 Å². The van der Waals surface area contributed by atoms with Crippen LogP contribution in [0.1, 0.15) is 19.4 Å². The van der Waals surface area contributed by atoms with Gasteiger partial charge in [-0.05, 0) is 13.8 Å². The van der Waals surface area contributed by atoms with Gasteiger partial charge in [0.1, 0.15) is 11.4 Å². The fourth-order valence-electron chi connectivity index (χ4n) is 3.76. The summed E-state index contributed by atoms with van der Waals surface area (Å²) in [5.74, 6) is -1.38. The van der Waals surface area contributed by atoms with Gasteiger partial charge >= 0.3 is 0 Å². The number of carbonyl (C=O) groups excluding carboxylic acids is 2. The number of hydrogen-bond acceptors (Lipinski definition) is 5. The van der Waals surface area contributed by atoms with Crippen molar-refractivity contribution in [2.45, 2.75) is 42.6 Å². The van der Waals surface area contributed by atoms with Crippen LogP contribution in [0.5, 0.6) is 0 Å². The van der Waals surface area contributed by atoms with E-state index in [1.165, 1.54) is 22.2 Å². The molecule has 4 rings (SSSR count). The quantitative estimate of drug-likeness (QED) is 0.605. The maximum Gasteiger partial charge on any atom is 0.249 e. The summed E-state index contributed by atoms with van der Waals surface area (Å²) in [6.07, 6.45) is 3.93. The van der Waals surface area contributed by atoms with E-state index in [1.807, 2.05) is 56.6 Å². The lowest BCUT2D eigenvalue weighted by Gasteiger charge is -2.45. The molecule has 1 aromatic heterocycles. The van der Waals surface area contributed by atoms with E-state index in [1.54, 1.807) is 0 Å². The van der Waals surface area contributed by atoms with Crippen LogP contribution < -0.4 is 15.0 Å². The second-order valence-electron chi connectivity index (χ2n) is 7.45. The van der Waals surface area contributed by atoms with E-state index < -0.39 is 22.8 Å². The predicted octanol–water partition coefficient (Wildman–Crippen LogP) is 0.615. The van der Waals surface area contributed by atoms with Crippen molar-refractivity contribution in [2.24, 2.45) is 0 Å². The van der Waals surface area contributed by atoms with E-state index in [9.17, 15) is 14.7 Å². The molecule has 2 aliphatic heterocycles. The highest BCUT2D eigenvalue weighted by Crippen LogP contribution is 2.51. The number of benzene rings is 1. The molecule has 2 aromatic rings. The van der Waals surface area contributed by atoms with Gasteiger partial charge in [-0.25, -0.2) is 4.57 Å². The van der Waals surface area contributed by atoms with Gasteiger partial charge in [0.25, 0.3) is 0 Å². The number of carbonyl (C=O) groups is 2. The van der Waals surface area contributed by atoms with Gasteiger partial charge in [0.05, 0.1) is 12.0 Å². The summed E-state index contributed by atoms with van der Waals surface area (Å²) in [7, 11) is 0. The molecule has 1 aromatic carbocycles. The second-order valence-corrected chi connectivity index (χ2v) is 9.22. The van der Waals surface area contributed by atoms with Crippen LogP contribution in [0.25, 0.3) is 0 Å². The van der Waals surface area contributed by atoms with E-state index in [4.69, 9.17) is 0 Å². The number of fused-ring (bicyclic) bond motifs is 1. The molecular formula is C20H21N3O3S. The zero-order valence-electron chi connectivity index (χ0n) is 15.2. The number of pyridine rings is 1. The summed E-state index contributed by atoms with van der Waals surface area (Å²) >= 11 is 1.51. The molecule has 0 bridgehead atoms. The average molecular weight is 383 g/mol. The SMILES string of the molecule is CC1(C)SC2C(Nc3cc[n+](Cc4ccccc4)cc3)C(=O)N2[C@H]1C(=O)[O-]. The highest BCUT2D eigenvalue weighted by molar-refractivity contribution is 8.01. The monoisotopic (exact) mass is 383 g/mol. The zero-order valence-corrected chi connectivity index (χ0v) is 16.0. The minimum Gasteiger partial charge on any atom is -0.548 e. The number of aliphatic carboxylic acids is 1. The van der Waals surface area contributed by atoms with Crippen LogP contribution in [0.2, 0.25) is 0 Å². The fourth-order valence-corrected chi connectivity index (χ4v) is 5.38. The van der Waals surface area contributed by atoms with Crippen LogP contribution >= 0.6 is 11.8 Å². The third kappa shape index (κ3) is 3.16. The minimum atomic E-state index is -1.19. The number of nitrogens with one attached hydrogen (secondary N) is 1. The van der Waals surface area contributed by atoms with Crippen LogP contribution in [0.15, 0.2) is 54.9 Å². The molecule has 3 heterocycles. The average Bonchev–Trinajstić information content (AvgIpc) is 2.90. The van der Waals surface area contributed by atoms with E-state index in [2.05, 4.69) is 22.0 Å². The van der Waals surface area contributed by atoms with Crippen molar-refractivity contribution in [3.05, 3.63) is 60.4 Å². The molecule has 1 amide bonds. The lowest BCUT2D eigenvalue weighted by molar-refractivity contribution is -0.688. The molecule has 6 nitrogen and oxygen atoms in total. The van der Waals surface area contributed by atoms with Crippen LogP contribution in [-0.4, -0.2) is 39.0 Å². The molecule has 2 saturated heterocycles. The van der Waals surface area contributed by atoms with Crippen molar-refractivity contribution in [2.75, 3.05) is 5.32 Å². The molecule has 7 heteroatoms. The molecule has 27 heavy (non-hydrogen) atoms. The number of aromatic nitrogens is 1. The number of carboxylic acid groups (broad SMARTS) is 1. The van der Waals surface area contributed by atoms with Crippen LogP contribution in [-0.2, 0) is 16.1 Å². The van der Waals surface area contributed by atoms with Gasteiger partial charge in [0.2, 0.25) is 5.91 Å². The molecule has 2 aliphatic rings. The van der Waals surface area contributed by atoms with Gasteiger partial charge in [-0.15, -0.1) is 11.8 Å². The molecule has 3 atom stereocenters. The molecular weight excluding hydrogens is 362 g/mol. The Morgan fingerprint density at radius 2 is 1.89 bits per heavy atom. The number of nitrogens with zero attached hydrogens (tertiary/aromatic N) is 2. The normalized spacial score (nSPS) is 25.6. The summed E-state index contributed by atoms with van der Waals surface area (Å²) in [6, 6.07) is 12.7. The van der Waals surface area contributed by atoms with Gasteiger partial charge in [0, 0.05) is 28.1 Å². The zero-order chi connectivity index (χ0) is 19.2. The van der Waals surface area contributed by atoms with Crippen LogP contribution in [0.3, 0.4) is 0 Å². The summed E-state index contributed by atoms with van der Waals surface area (Å²) < 4.78 is 1.50.